The smallest absolute Gasteiger partial charge is 0.263 e. The van der Waals surface area contributed by atoms with Crippen LogP contribution >= 0.6 is 11.3 Å². The molecule has 0 radical (unpaired) electrons. The van der Waals surface area contributed by atoms with Crippen molar-refractivity contribution >= 4 is 21.6 Å². The number of nitrogens with zero attached hydrogens (tertiary/aromatic N) is 3. The van der Waals surface area contributed by atoms with E-state index in [0.717, 1.165) is 16.7 Å². The molecule has 6 heteroatoms. The van der Waals surface area contributed by atoms with Gasteiger partial charge in [0.25, 0.3) is 5.56 Å². The van der Waals surface area contributed by atoms with Crippen LogP contribution in [0.2, 0.25) is 0 Å². The van der Waals surface area contributed by atoms with Crippen LogP contribution in [-0.4, -0.2) is 9.55 Å². The van der Waals surface area contributed by atoms with Crippen molar-refractivity contribution in [2.75, 3.05) is 0 Å². The molecule has 4 aromatic rings. The van der Waals surface area contributed by atoms with E-state index in [9.17, 15) is 9.18 Å². The van der Waals surface area contributed by atoms with E-state index in [4.69, 9.17) is 5.26 Å². The number of halogens is 1. The largest absolute Gasteiger partial charge is 0.294 e. The van der Waals surface area contributed by atoms with Gasteiger partial charge in [-0.1, -0.05) is 24.3 Å². The second-order valence-electron chi connectivity index (χ2n) is 5.83. The summed E-state index contributed by atoms with van der Waals surface area (Å²) in [7, 11) is 0. The molecule has 4 rings (SSSR count). The first-order valence-corrected chi connectivity index (χ1v) is 8.75. The maximum absolute atomic E-state index is 13.2. The maximum Gasteiger partial charge on any atom is 0.263 e. The summed E-state index contributed by atoms with van der Waals surface area (Å²) >= 11 is 1.39. The van der Waals surface area contributed by atoms with Gasteiger partial charge in [0.1, 0.15) is 10.6 Å². The van der Waals surface area contributed by atoms with Crippen molar-refractivity contribution in [2.45, 2.75) is 6.54 Å². The predicted octanol–water partition coefficient (Wildman–Crippen LogP) is 4.18. The molecule has 2 heterocycles. The van der Waals surface area contributed by atoms with Crippen LogP contribution in [0.25, 0.3) is 21.3 Å². The number of fused-ring (bicyclic) bond motifs is 1. The SMILES string of the molecule is N#Cc1cccc(Cn2cnc3scc(-c4ccc(F)cc4)c3c2=O)c1. The molecule has 2 aromatic heterocycles. The van der Waals surface area contributed by atoms with Gasteiger partial charge in [-0.25, -0.2) is 9.37 Å². The summed E-state index contributed by atoms with van der Waals surface area (Å²) in [6.45, 7) is 0.329. The molecule has 0 saturated heterocycles. The molecular weight excluding hydrogens is 349 g/mol. The lowest BCUT2D eigenvalue weighted by Crippen LogP contribution is -2.21. The Labute approximate surface area is 152 Å². The Bertz CT molecular complexity index is 1200. The standard InChI is InChI=1S/C20H12FN3OS/c21-16-6-4-15(5-7-16)17-11-26-19-18(17)20(25)24(12-23-19)10-14-3-1-2-13(8-14)9-22/h1-8,11-12H,10H2. The second kappa shape index (κ2) is 6.54. The summed E-state index contributed by atoms with van der Waals surface area (Å²) < 4.78 is 14.7. The van der Waals surface area contributed by atoms with E-state index in [2.05, 4.69) is 11.1 Å². The van der Waals surface area contributed by atoms with E-state index < -0.39 is 0 Å². The van der Waals surface area contributed by atoms with Crippen molar-refractivity contribution in [1.82, 2.24) is 9.55 Å². The Morgan fingerprint density at radius 2 is 2.00 bits per heavy atom. The molecule has 126 valence electrons. The molecule has 0 bridgehead atoms. The molecule has 0 N–H and O–H groups in total. The van der Waals surface area contributed by atoms with E-state index in [-0.39, 0.29) is 11.4 Å². The summed E-state index contributed by atoms with van der Waals surface area (Å²) in [6, 6.07) is 15.3. The van der Waals surface area contributed by atoms with Crippen LogP contribution in [0.1, 0.15) is 11.1 Å². The molecule has 0 aliphatic heterocycles. The van der Waals surface area contributed by atoms with Crippen molar-refractivity contribution in [3.63, 3.8) is 0 Å². The number of hydrogen-bond acceptors (Lipinski definition) is 4. The molecular formula is C20H12FN3OS. The van der Waals surface area contributed by atoms with E-state index in [1.165, 1.54) is 34.4 Å². The summed E-state index contributed by atoms with van der Waals surface area (Å²) in [6.07, 6.45) is 1.52. The average Bonchev–Trinajstić information content (AvgIpc) is 3.10. The summed E-state index contributed by atoms with van der Waals surface area (Å²) in [5.41, 5.74) is 2.78. The van der Waals surface area contributed by atoms with Gasteiger partial charge in [0, 0.05) is 10.9 Å². The zero-order valence-corrected chi connectivity index (χ0v) is 14.3. The van der Waals surface area contributed by atoms with E-state index in [0.29, 0.717) is 22.3 Å². The number of rotatable bonds is 3. The third kappa shape index (κ3) is 2.89. The summed E-state index contributed by atoms with van der Waals surface area (Å²) in [5.74, 6) is -0.318. The molecule has 26 heavy (non-hydrogen) atoms. The Hall–Kier alpha value is -3.30. The van der Waals surface area contributed by atoms with Gasteiger partial charge in [-0.2, -0.15) is 5.26 Å². The zero-order valence-electron chi connectivity index (χ0n) is 13.5. The fourth-order valence-corrected chi connectivity index (χ4v) is 3.76. The Balaban J connectivity index is 1.81. The highest BCUT2D eigenvalue weighted by molar-refractivity contribution is 7.17. The topological polar surface area (TPSA) is 58.7 Å². The van der Waals surface area contributed by atoms with Crippen LogP contribution in [0.5, 0.6) is 0 Å². The van der Waals surface area contributed by atoms with Gasteiger partial charge in [-0.15, -0.1) is 11.3 Å². The molecule has 0 fully saturated rings. The van der Waals surface area contributed by atoms with Crippen LogP contribution in [0.3, 0.4) is 0 Å². The monoisotopic (exact) mass is 361 g/mol. The quantitative estimate of drug-likeness (QED) is 0.550. The van der Waals surface area contributed by atoms with E-state index >= 15 is 0 Å². The van der Waals surface area contributed by atoms with Gasteiger partial charge in [0.15, 0.2) is 0 Å². The molecule has 2 aromatic carbocycles. The molecule has 4 nitrogen and oxygen atoms in total. The number of thiophene rings is 1. The molecule has 0 saturated carbocycles. The highest BCUT2D eigenvalue weighted by Gasteiger charge is 2.13. The molecule has 0 spiro atoms. The highest BCUT2D eigenvalue weighted by Crippen LogP contribution is 2.30. The van der Waals surface area contributed by atoms with Gasteiger partial charge < -0.3 is 0 Å². The van der Waals surface area contributed by atoms with Crippen LogP contribution in [-0.2, 0) is 6.54 Å². The lowest BCUT2D eigenvalue weighted by Gasteiger charge is -2.07. The summed E-state index contributed by atoms with van der Waals surface area (Å²) in [4.78, 5) is 18.0. The van der Waals surface area contributed by atoms with Gasteiger partial charge >= 0.3 is 0 Å². The first-order valence-electron chi connectivity index (χ1n) is 7.87. The van der Waals surface area contributed by atoms with Crippen LogP contribution in [0, 0.1) is 17.1 Å². The van der Waals surface area contributed by atoms with Gasteiger partial charge in [-0.05, 0) is 35.4 Å². The van der Waals surface area contributed by atoms with E-state index in [1.807, 2.05) is 11.4 Å². The minimum absolute atomic E-state index is 0.155. The third-order valence-electron chi connectivity index (χ3n) is 4.12. The minimum atomic E-state index is -0.318. The molecule has 0 amide bonds. The zero-order chi connectivity index (χ0) is 18.1. The maximum atomic E-state index is 13.2. The number of benzene rings is 2. The van der Waals surface area contributed by atoms with E-state index in [1.54, 1.807) is 30.3 Å². The predicted molar refractivity (Wildman–Crippen MR) is 99.5 cm³/mol. The van der Waals surface area contributed by atoms with Crippen molar-refractivity contribution in [3.05, 3.63) is 87.5 Å². The fraction of sp³-hybridized carbons (Fsp3) is 0.0500. The number of hydrogen-bond donors (Lipinski definition) is 0. The molecule has 0 aliphatic carbocycles. The van der Waals surface area contributed by atoms with Crippen molar-refractivity contribution in [1.29, 1.82) is 5.26 Å². The highest BCUT2D eigenvalue weighted by atomic mass is 32.1. The average molecular weight is 361 g/mol. The lowest BCUT2D eigenvalue weighted by molar-refractivity contribution is 0.628. The fourth-order valence-electron chi connectivity index (χ4n) is 2.86. The van der Waals surface area contributed by atoms with Crippen molar-refractivity contribution in [2.24, 2.45) is 0 Å². The Kier molecular flexibility index (Phi) is 4.07. The minimum Gasteiger partial charge on any atom is -0.294 e. The van der Waals surface area contributed by atoms with Gasteiger partial charge in [0.05, 0.1) is 29.9 Å². The third-order valence-corrected chi connectivity index (χ3v) is 5.01. The Morgan fingerprint density at radius 3 is 2.77 bits per heavy atom. The summed E-state index contributed by atoms with van der Waals surface area (Å²) in [5, 5.41) is 11.4. The van der Waals surface area contributed by atoms with Crippen molar-refractivity contribution < 1.29 is 4.39 Å². The Morgan fingerprint density at radius 1 is 1.19 bits per heavy atom. The first kappa shape index (κ1) is 16.2. The van der Waals surface area contributed by atoms with Crippen LogP contribution < -0.4 is 5.56 Å². The molecule has 0 aliphatic rings. The van der Waals surface area contributed by atoms with Gasteiger partial charge in [-0.3, -0.25) is 9.36 Å². The lowest BCUT2D eigenvalue weighted by atomic mass is 10.1. The molecule has 0 unspecified atom stereocenters. The number of nitriles is 1. The van der Waals surface area contributed by atoms with Crippen molar-refractivity contribution in [3.8, 4) is 17.2 Å². The first-order chi connectivity index (χ1) is 12.7. The molecule has 0 atom stereocenters. The number of aromatic nitrogens is 2. The van der Waals surface area contributed by atoms with Crippen LogP contribution in [0.15, 0.2) is 65.0 Å². The second-order valence-corrected chi connectivity index (χ2v) is 6.68. The van der Waals surface area contributed by atoms with Crippen LogP contribution in [0.4, 0.5) is 4.39 Å². The normalized spacial score (nSPS) is 10.8. The van der Waals surface area contributed by atoms with Gasteiger partial charge in [0.2, 0.25) is 0 Å².